The van der Waals surface area contributed by atoms with Crippen molar-refractivity contribution in [3.63, 3.8) is 0 Å². The summed E-state index contributed by atoms with van der Waals surface area (Å²) in [6.45, 7) is 0. The maximum absolute atomic E-state index is 4.42. The van der Waals surface area contributed by atoms with Gasteiger partial charge in [0.2, 0.25) is 0 Å². The molecule has 0 saturated heterocycles. The number of hydrogen-bond donors (Lipinski definition) is 0. The molecule has 2 aliphatic rings. The Balaban J connectivity index is 2.09. The van der Waals surface area contributed by atoms with E-state index in [1.54, 1.807) is 0 Å². The van der Waals surface area contributed by atoms with E-state index in [1.165, 1.54) is 18.4 Å². The van der Waals surface area contributed by atoms with E-state index < -0.39 is 0 Å². The van der Waals surface area contributed by atoms with Gasteiger partial charge in [-0.1, -0.05) is 24.3 Å². The highest BCUT2D eigenvalue weighted by atomic mass is 14.8. The van der Waals surface area contributed by atoms with E-state index in [0.29, 0.717) is 6.04 Å². The van der Waals surface area contributed by atoms with Crippen molar-refractivity contribution in [1.29, 1.82) is 0 Å². The van der Waals surface area contributed by atoms with Crippen LogP contribution in [0.2, 0.25) is 0 Å². The van der Waals surface area contributed by atoms with Gasteiger partial charge in [-0.05, 0) is 30.9 Å². The molecule has 0 bridgehead atoms. The first kappa shape index (κ1) is 7.53. The molecule has 0 amide bonds. The van der Waals surface area contributed by atoms with Gasteiger partial charge in [-0.2, -0.15) is 0 Å². The molecule has 1 nitrogen and oxygen atoms in total. The third-order valence-corrected chi connectivity index (χ3v) is 2.26. The molecule has 1 heteroatoms. The summed E-state index contributed by atoms with van der Waals surface area (Å²) in [4.78, 5) is 4.42. The molecule has 12 heavy (non-hydrogen) atoms. The minimum absolute atomic E-state index is 0.395. The monoisotopic (exact) mass is 159 g/mol. The van der Waals surface area contributed by atoms with Gasteiger partial charge in [0.15, 0.2) is 0 Å². The van der Waals surface area contributed by atoms with Crippen molar-refractivity contribution in [2.24, 2.45) is 4.99 Å². The molecule has 0 aromatic carbocycles. The van der Waals surface area contributed by atoms with Crippen LogP contribution in [-0.4, -0.2) is 12.3 Å². The second-order valence-electron chi connectivity index (χ2n) is 3.16. The Labute approximate surface area is 73.2 Å². The summed E-state index contributed by atoms with van der Waals surface area (Å²) < 4.78 is 0. The molecule has 0 radical (unpaired) electrons. The highest BCUT2D eigenvalue weighted by Crippen LogP contribution is 2.19. The Morgan fingerprint density at radius 1 is 1.25 bits per heavy atom. The van der Waals surface area contributed by atoms with Crippen LogP contribution in [-0.2, 0) is 0 Å². The normalized spacial score (nSPS) is 27.3. The van der Waals surface area contributed by atoms with Gasteiger partial charge in [0.25, 0.3) is 0 Å². The van der Waals surface area contributed by atoms with Crippen LogP contribution in [0, 0.1) is 0 Å². The van der Waals surface area contributed by atoms with Gasteiger partial charge >= 0.3 is 0 Å². The number of rotatable bonds is 1. The van der Waals surface area contributed by atoms with E-state index in [-0.39, 0.29) is 0 Å². The summed E-state index contributed by atoms with van der Waals surface area (Å²) in [5.41, 5.74) is 1.39. The van der Waals surface area contributed by atoms with Crippen molar-refractivity contribution in [3.8, 4) is 0 Å². The van der Waals surface area contributed by atoms with E-state index >= 15 is 0 Å². The molecule has 1 heterocycles. The van der Waals surface area contributed by atoms with E-state index in [0.717, 1.165) is 6.42 Å². The van der Waals surface area contributed by atoms with Gasteiger partial charge in [-0.15, -0.1) is 0 Å². The molecule has 0 N–H and O–H groups in total. The molecule has 1 atom stereocenters. The molecule has 0 aromatic heterocycles. The molecular weight excluding hydrogens is 146 g/mol. The molecule has 0 fully saturated rings. The van der Waals surface area contributed by atoms with Gasteiger partial charge in [0, 0.05) is 6.21 Å². The predicted molar refractivity (Wildman–Crippen MR) is 52.5 cm³/mol. The second kappa shape index (κ2) is 3.53. The van der Waals surface area contributed by atoms with Crippen molar-refractivity contribution in [2.75, 3.05) is 0 Å². The van der Waals surface area contributed by atoms with Gasteiger partial charge in [0.1, 0.15) is 0 Å². The second-order valence-corrected chi connectivity index (χ2v) is 3.16. The molecule has 1 aliphatic carbocycles. The molecule has 1 unspecified atom stereocenters. The Morgan fingerprint density at radius 3 is 2.92 bits per heavy atom. The first-order chi connectivity index (χ1) is 5.97. The zero-order valence-electron chi connectivity index (χ0n) is 7.11. The topological polar surface area (TPSA) is 12.4 Å². The average Bonchev–Trinajstić information content (AvgIpc) is 2.21. The Bertz CT molecular complexity index is 269. The third-order valence-electron chi connectivity index (χ3n) is 2.26. The Hall–Kier alpha value is -1.11. The molecule has 0 aromatic rings. The number of dihydropyridines is 1. The largest absolute Gasteiger partial charge is 0.285 e. The summed E-state index contributed by atoms with van der Waals surface area (Å²) >= 11 is 0. The quantitative estimate of drug-likeness (QED) is 0.557. The van der Waals surface area contributed by atoms with Crippen molar-refractivity contribution >= 4 is 6.21 Å². The van der Waals surface area contributed by atoms with Crippen LogP contribution in [0.3, 0.4) is 0 Å². The summed E-state index contributed by atoms with van der Waals surface area (Å²) in [7, 11) is 0. The number of aliphatic imine (C=N–C) groups is 1. The first-order valence-electron chi connectivity index (χ1n) is 4.52. The van der Waals surface area contributed by atoms with Gasteiger partial charge in [-0.3, -0.25) is 4.99 Å². The van der Waals surface area contributed by atoms with E-state index in [1.807, 2.05) is 12.3 Å². The lowest BCUT2D eigenvalue weighted by molar-refractivity contribution is 0.785. The zero-order chi connectivity index (χ0) is 8.23. The van der Waals surface area contributed by atoms with Crippen LogP contribution in [0.1, 0.15) is 19.3 Å². The number of nitrogens with zero attached hydrogens (tertiary/aromatic N) is 1. The summed E-state index contributed by atoms with van der Waals surface area (Å²) in [5.74, 6) is 0. The first-order valence-corrected chi connectivity index (χ1v) is 4.52. The lowest BCUT2D eigenvalue weighted by atomic mass is 9.97. The summed E-state index contributed by atoms with van der Waals surface area (Å²) in [5, 5.41) is 0. The standard InChI is InChI=1S/C11H13N/c1-2-6-10(7-3-1)11-8-4-5-9-12-11/h2,4-7,9,11H,1,3,8H2. The number of allylic oxidation sites excluding steroid dienone is 3. The maximum Gasteiger partial charge on any atom is 0.0780 e. The smallest absolute Gasteiger partial charge is 0.0780 e. The lowest BCUT2D eigenvalue weighted by Gasteiger charge is -2.15. The minimum atomic E-state index is 0.395. The van der Waals surface area contributed by atoms with Gasteiger partial charge < -0.3 is 0 Å². The Kier molecular flexibility index (Phi) is 2.21. The van der Waals surface area contributed by atoms with E-state index in [9.17, 15) is 0 Å². The number of hydrogen-bond acceptors (Lipinski definition) is 1. The molecule has 62 valence electrons. The fourth-order valence-electron chi connectivity index (χ4n) is 1.59. The summed E-state index contributed by atoms with van der Waals surface area (Å²) in [6.07, 6.45) is 16.3. The van der Waals surface area contributed by atoms with Crippen LogP contribution in [0.15, 0.2) is 40.9 Å². The Morgan fingerprint density at radius 2 is 2.25 bits per heavy atom. The fourth-order valence-corrected chi connectivity index (χ4v) is 1.59. The van der Waals surface area contributed by atoms with Crippen molar-refractivity contribution in [3.05, 3.63) is 36.0 Å². The minimum Gasteiger partial charge on any atom is -0.285 e. The fraction of sp³-hybridized carbons (Fsp3) is 0.364. The van der Waals surface area contributed by atoms with Gasteiger partial charge in [0.05, 0.1) is 6.04 Å². The average molecular weight is 159 g/mol. The molecule has 0 spiro atoms. The molecule has 0 saturated carbocycles. The SMILES string of the molecule is C1=CCC(C2=CCCC=C2)N=C1. The molecule has 1 aliphatic heterocycles. The van der Waals surface area contributed by atoms with E-state index in [2.05, 4.69) is 29.3 Å². The van der Waals surface area contributed by atoms with E-state index in [4.69, 9.17) is 0 Å². The van der Waals surface area contributed by atoms with Crippen LogP contribution in [0.25, 0.3) is 0 Å². The van der Waals surface area contributed by atoms with Crippen LogP contribution >= 0.6 is 0 Å². The van der Waals surface area contributed by atoms with Gasteiger partial charge in [-0.25, -0.2) is 0 Å². The zero-order valence-corrected chi connectivity index (χ0v) is 7.11. The summed E-state index contributed by atoms with van der Waals surface area (Å²) in [6, 6.07) is 0.395. The highest BCUT2D eigenvalue weighted by molar-refractivity contribution is 5.72. The molecule has 2 rings (SSSR count). The van der Waals surface area contributed by atoms with Crippen molar-refractivity contribution in [1.82, 2.24) is 0 Å². The predicted octanol–water partition coefficient (Wildman–Crippen LogP) is 2.66. The van der Waals surface area contributed by atoms with Crippen molar-refractivity contribution in [2.45, 2.75) is 25.3 Å². The lowest BCUT2D eigenvalue weighted by Crippen LogP contribution is -2.09. The highest BCUT2D eigenvalue weighted by Gasteiger charge is 2.10. The van der Waals surface area contributed by atoms with Crippen LogP contribution in [0.5, 0.6) is 0 Å². The van der Waals surface area contributed by atoms with Crippen molar-refractivity contribution < 1.29 is 0 Å². The maximum atomic E-state index is 4.42. The molecular formula is C11H13N. The van der Waals surface area contributed by atoms with Crippen LogP contribution in [0.4, 0.5) is 0 Å². The van der Waals surface area contributed by atoms with Crippen LogP contribution < -0.4 is 0 Å². The third kappa shape index (κ3) is 1.55.